The second-order valence-electron chi connectivity index (χ2n) is 20.9. The van der Waals surface area contributed by atoms with Crippen LogP contribution in [-0.2, 0) is 33.7 Å². The molecule has 0 aliphatic rings. The smallest absolute Gasteiger partial charge is 0.535 e. The van der Waals surface area contributed by atoms with Crippen LogP contribution in [0.5, 0.6) is 0 Å². The highest BCUT2D eigenvalue weighted by Crippen LogP contribution is 2.61. The monoisotopic (exact) mass is 1300 g/mol. The Balaban J connectivity index is -0.0000000749. The molecular formula is C60H127B5F15N6P. The molecule has 27 heteroatoms. The summed E-state index contributed by atoms with van der Waals surface area (Å²) in [5.74, 6) is 0. The van der Waals surface area contributed by atoms with Crippen molar-refractivity contribution in [2.45, 2.75) is 258 Å². The summed E-state index contributed by atoms with van der Waals surface area (Å²) in [6, 6.07) is 6.17. The molecule has 0 amide bonds. The quantitative estimate of drug-likeness (QED) is 0.0295. The maximum Gasteiger partial charge on any atom is 0.535 e. The van der Waals surface area contributed by atoms with Crippen LogP contribution in [0.4, 0.5) is 43.2 Å². The fourth-order valence-corrected chi connectivity index (χ4v) is 13.2. The molecule has 0 saturated heterocycles. The van der Waals surface area contributed by atoms with E-state index in [-0.39, 0.29) is 23.5 Å². The summed E-state index contributed by atoms with van der Waals surface area (Å²) in [4.78, 5) is 0. The molecule has 3 aromatic rings. The lowest BCUT2D eigenvalue weighted by atomic mass is 10.1. The lowest BCUT2D eigenvalue weighted by molar-refractivity contribution is -0.929. The number of imidazole rings is 2. The van der Waals surface area contributed by atoms with Crippen LogP contribution >= 0.6 is 7.26 Å². The fourth-order valence-electron chi connectivity index (χ4n) is 7.88. The summed E-state index contributed by atoms with van der Waals surface area (Å²) in [5.41, 5.74) is 0. The first-order valence-electron chi connectivity index (χ1n) is 31.8. The molecule has 0 unspecified atom stereocenters. The number of hydrogen-bond donors (Lipinski definition) is 0. The third kappa shape index (κ3) is 102. The first kappa shape index (κ1) is 112. The zero-order valence-electron chi connectivity index (χ0n) is 58.0. The molecule has 3 rings (SSSR count). The number of hydrogen-bond acceptors (Lipinski definition) is 0. The highest BCUT2D eigenvalue weighted by atomic mass is 31.2. The van der Waals surface area contributed by atoms with E-state index in [1.54, 1.807) is 24.6 Å². The van der Waals surface area contributed by atoms with E-state index in [1.165, 1.54) is 159 Å². The van der Waals surface area contributed by atoms with Crippen LogP contribution in [-0.4, -0.2) is 101 Å². The van der Waals surface area contributed by atoms with Gasteiger partial charge in [-0.1, -0.05) is 140 Å². The van der Waals surface area contributed by atoms with Gasteiger partial charge in [0.25, 0.3) is 0 Å². The van der Waals surface area contributed by atoms with Crippen LogP contribution in [0.2, 0.25) is 34.1 Å². The van der Waals surface area contributed by atoms with E-state index in [0.29, 0.717) is 0 Å². The van der Waals surface area contributed by atoms with Gasteiger partial charge in [0, 0.05) is 25.8 Å². The van der Waals surface area contributed by atoms with Crippen molar-refractivity contribution in [3.05, 3.63) is 68.0 Å². The molecule has 0 fully saturated rings. The van der Waals surface area contributed by atoms with Crippen molar-refractivity contribution in [1.29, 1.82) is 0 Å². The van der Waals surface area contributed by atoms with E-state index in [4.69, 9.17) is 0 Å². The largest absolute Gasteiger partial charge is 1.00 e. The van der Waals surface area contributed by atoms with Gasteiger partial charge in [0.05, 0.1) is 78.0 Å². The lowest BCUT2D eigenvalue weighted by Gasteiger charge is -2.39. The highest BCUT2D eigenvalue weighted by Gasteiger charge is 2.34. The minimum absolute atomic E-state index is 0. The summed E-state index contributed by atoms with van der Waals surface area (Å²) in [6.45, 7) is 38.5. The topological polar surface area (TPSA) is 21.5 Å². The fraction of sp³-hybridized carbons (Fsp3) is 0.817. The van der Waals surface area contributed by atoms with Crippen LogP contribution < -0.4 is 37.2 Å². The predicted molar refractivity (Wildman–Crippen MR) is 348 cm³/mol. The number of pyridine rings is 1. The van der Waals surface area contributed by atoms with Gasteiger partial charge in [0.1, 0.15) is 31.3 Å². The van der Waals surface area contributed by atoms with Gasteiger partial charge in [-0.15, -0.1) is 0 Å². The molecule has 0 saturated carbocycles. The van der Waals surface area contributed by atoms with Gasteiger partial charge >= 0.3 is 36.3 Å². The van der Waals surface area contributed by atoms with E-state index >= 15 is 0 Å². The number of quaternary nitrogens is 1. The molecule has 0 atom stereocenters. The SMILES string of the molecule is CB(F)F.CB(F)F.CB(F)F.CB(F)F.CB(F)F.CCCC[N+](CCCC)(CCCC)CCCC.CCCC[P+](CCCC)(CCCC)CCCC.CCCC[n+]1ccccc1.CCCCn1cc[n+](C)c1.CCn1cc[n+](C)c1.[F-].[F-].[F-].[F-].[F-]. The Hall–Kier alpha value is -2.77. The second kappa shape index (κ2) is 85.3. The Morgan fingerprint density at radius 1 is 0.356 bits per heavy atom. The van der Waals surface area contributed by atoms with Crippen molar-refractivity contribution in [2.75, 3.05) is 50.8 Å². The number of unbranched alkanes of at least 4 members (excludes halogenated alkanes) is 10. The number of aromatic nitrogens is 5. The van der Waals surface area contributed by atoms with Crippen molar-refractivity contribution in [3.63, 3.8) is 0 Å². The Labute approximate surface area is 527 Å². The Morgan fingerprint density at radius 2 is 0.609 bits per heavy atom. The van der Waals surface area contributed by atoms with E-state index in [9.17, 15) is 43.2 Å². The predicted octanol–water partition coefficient (Wildman–Crippen LogP) is 4.66. The average Bonchev–Trinajstić information content (AvgIpc) is 4.05. The van der Waals surface area contributed by atoms with Crippen LogP contribution in [0.25, 0.3) is 0 Å². The number of halogens is 15. The second-order valence-corrected chi connectivity index (χ2v) is 25.4. The molecule has 3 aromatic heterocycles. The van der Waals surface area contributed by atoms with E-state index < -0.39 is 43.6 Å². The summed E-state index contributed by atoms with van der Waals surface area (Å²) in [6.07, 6.45) is 50.7. The minimum Gasteiger partial charge on any atom is -1.00 e. The van der Waals surface area contributed by atoms with Crippen LogP contribution in [0.15, 0.2) is 68.0 Å². The van der Waals surface area contributed by atoms with Gasteiger partial charge < -0.3 is 28.0 Å². The Bertz CT molecular complexity index is 1460. The van der Waals surface area contributed by atoms with Gasteiger partial charge in [-0.2, -0.15) is 0 Å². The summed E-state index contributed by atoms with van der Waals surface area (Å²) >= 11 is 0. The van der Waals surface area contributed by atoms with E-state index in [0.717, 1.165) is 53.7 Å². The molecular weight excluding hydrogens is 1170 g/mol. The molecule has 3 heterocycles. The number of rotatable bonds is 31. The maximum absolute atomic E-state index is 10.3. The molecule has 87 heavy (non-hydrogen) atoms. The molecule has 522 valence electrons. The molecule has 0 radical (unpaired) electrons. The third-order valence-electron chi connectivity index (χ3n) is 12.2. The molecule has 0 bridgehead atoms. The van der Waals surface area contributed by atoms with Crippen molar-refractivity contribution in [1.82, 2.24) is 9.13 Å². The van der Waals surface area contributed by atoms with Crippen LogP contribution in [0, 0.1) is 0 Å². The molecule has 0 spiro atoms. The number of nitrogens with zero attached hydrogens (tertiary/aromatic N) is 6. The summed E-state index contributed by atoms with van der Waals surface area (Å²) in [5, 5.41) is 0. The van der Waals surface area contributed by atoms with Gasteiger partial charge in [0.15, 0.2) is 12.4 Å². The standard InChI is InChI=1S/C16H36N.C16H36P.C9H14N.C8H15N2.C6H11N2.5CH3BF2.5FH/c2*1-5-9-13-17(14-10-6-2,15-11-7-3)16-12-8-4;1-2-3-7-10-8-5-4-6-9-10;1-3-4-5-10-7-6-9(2)8-10;1-3-8-5-4-7(2)6-8;5*1-2(3)4;;;;;/h2*5-16H2,1-4H3;4-6,8-9H,2-3,7H2,1H3;6-8H,3-5H2,1-2H3;4-6H,3H2,1-2H3;5*1H3;5*1H/q5*+1;;;;;;;;;;/p-5. The van der Waals surface area contributed by atoms with Crippen molar-refractivity contribution in [3.8, 4) is 0 Å². The minimum atomic E-state index is -2.17. The van der Waals surface area contributed by atoms with Crippen LogP contribution in [0.1, 0.15) is 205 Å². The Kier molecular flexibility index (Phi) is 110. The van der Waals surface area contributed by atoms with Crippen molar-refractivity contribution in [2.24, 2.45) is 14.1 Å². The van der Waals surface area contributed by atoms with Crippen molar-refractivity contribution >= 4 is 43.6 Å². The normalized spacial score (nSPS) is 9.43. The molecule has 6 nitrogen and oxygen atoms in total. The van der Waals surface area contributed by atoms with Crippen molar-refractivity contribution < 1.29 is 84.9 Å². The zero-order valence-corrected chi connectivity index (χ0v) is 58.9. The van der Waals surface area contributed by atoms with E-state index in [2.05, 4.69) is 150 Å². The van der Waals surface area contributed by atoms with Crippen LogP contribution in [0.3, 0.4) is 0 Å². The summed E-state index contributed by atoms with van der Waals surface area (Å²) < 4.78 is 115. The molecule has 0 N–H and O–H groups in total. The lowest BCUT2D eigenvalue weighted by Crippen LogP contribution is -3.00. The first-order valence-corrected chi connectivity index (χ1v) is 34.3. The molecule has 0 aromatic carbocycles. The van der Waals surface area contributed by atoms with E-state index in [1.807, 2.05) is 30.9 Å². The first-order chi connectivity index (χ1) is 38.7. The summed E-state index contributed by atoms with van der Waals surface area (Å²) in [7, 11) is -7.33. The Morgan fingerprint density at radius 3 is 0.816 bits per heavy atom. The zero-order chi connectivity index (χ0) is 64.5. The van der Waals surface area contributed by atoms with Gasteiger partial charge in [0.2, 0.25) is 12.7 Å². The van der Waals surface area contributed by atoms with Gasteiger partial charge in [-0.3, -0.25) is 43.2 Å². The third-order valence-corrected chi connectivity index (χ3v) is 17.3. The van der Waals surface area contributed by atoms with Gasteiger partial charge in [-0.05, 0) is 98.8 Å². The average molecular weight is 1300 g/mol. The number of aryl methyl sites for hydroxylation is 5. The highest BCUT2D eigenvalue weighted by molar-refractivity contribution is 7.75. The molecule has 0 aliphatic carbocycles. The molecule has 0 aliphatic heterocycles. The van der Waals surface area contributed by atoms with Gasteiger partial charge in [-0.25, -0.2) is 22.8 Å². The maximum atomic E-state index is 10.3.